The normalized spacial score (nSPS) is 12.1. The van der Waals surface area contributed by atoms with Crippen molar-refractivity contribution in [2.75, 3.05) is 33.0 Å². The average Bonchev–Trinajstić information content (AvgIpc) is 2.46. The van der Waals surface area contributed by atoms with Crippen LogP contribution < -0.4 is 4.74 Å². The minimum Gasteiger partial charge on any atom is -0.475 e. The van der Waals surface area contributed by atoms with E-state index in [1.165, 1.54) is 0 Å². The quantitative estimate of drug-likeness (QED) is 0.358. The van der Waals surface area contributed by atoms with Crippen LogP contribution in [0.4, 0.5) is 13.2 Å². The number of hydrogen-bond acceptors (Lipinski definition) is 7. The molecule has 0 spiro atoms. The van der Waals surface area contributed by atoms with E-state index in [0.29, 0.717) is 6.07 Å². The molecule has 148 valence electrons. The lowest BCUT2D eigenvalue weighted by atomic mass is 10.2. The third-order valence-corrected chi connectivity index (χ3v) is 2.62. The minimum atomic E-state index is -4.65. The Morgan fingerprint density at radius 1 is 1.08 bits per heavy atom. The number of aromatic nitrogens is 2. The number of nitrogens with zero attached hydrogens (tertiary/aromatic N) is 2. The predicted octanol–water partition coefficient (Wildman–Crippen LogP) is 2.90. The molecule has 0 amide bonds. The van der Waals surface area contributed by atoms with Crippen LogP contribution in [0.2, 0.25) is 5.28 Å². The van der Waals surface area contributed by atoms with Crippen LogP contribution in [0.25, 0.3) is 0 Å². The molecular formula is C15H20ClF3N2O5. The van der Waals surface area contributed by atoms with E-state index in [1.807, 2.05) is 0 Å². The van der Waals surface area contributed by atoms with Crippen molar-refractivity contribution in [2.45, 2.75) is 32.5 Å². The average molecular weight is 401 g/mol. The molecule has 1 heterocycles. The lowest BCUT2D eigenvalue weighted by Gasteiger charge is -2.19. The molecule has 0 aromatic carbocycles. The van der Waals surface area contributed by atoms with E-state index in [4.69, 9.17) is 30.5 Å². The van der Waals surface area contributed by atoms with Gasteiger partial charge in [-0.2, -0.15) is 18.2 Å². The Kier molecular flexibility index (Phi) is 8.51. The number of carbonyl (C=O) groups excluding carboxylic acids is 1. The van der Waals surface area contributed by atoms with Crippen LogP contribution in [-0.4, -0.2) is 54.6 Å². The molecule has 0 saturated carbocycles. The van der Waals surface area contributed by atoms with E-state index in [-0.39, 0.29) is 38.9 Å². The van der Waals surface area contributed by atoms with Crippen molar-refractivity contribution in [1.82, 2.24) is 9.97 Å². The molecule has 0 bridgehead atoms. The number of ether oxygens (including phenoxy) is 4. The zero-order chi connectivity index (χ0) is 19.8. The summed E-state index contributed by atoms with van der Waals surface area (Å²) >= 11 is 5.43. The topological polar surface area (TPSA) is 79.8 Å². The largest absolute Gasteiger partial charge is 0.475 e. The summed E-state index contributed by atoms with van der Waals surface area (Å²) in [6.07, 6.45) is -4.65. The predicted molar refractivity (Wildman–Crippen MR) is 85.0 cm³/mol. The molecule has 0 saturated heterocycles. The molecule has 1 aromatic heterocycles. The number of alkyl halides is 3. The Morgan fingerprint density at radius 2 is 1.69 bits per heavy atom. The van der Waals surface area contributed by atoms with Crippen LogP contribution in [-0.2, 0) is 25.2 Å². The van der Waals surface area contributed by atoms with E-state index in [9.17, 15) is 18.0 Å². The van der Waals surface area contributed by atoms with Gasteiger partial charge in [-0.1, -0.05) is 0 Å². The lowest BCUT2D eigenvalue weighted by molar-refractivity contribution is -0.160. The van der Waals surface area contributed by atoms with E-state index in [1.54, 1.807) is 20.8 Å². The van der Waals surface area contributed by atoms with Gasteiger partial charge in [-0.05, 0) is 32.4 Å². The Hall–Kier alpha value is -1.65. The lowest BCUT2D eigenvalue weighted by Crippen LogP contribution is -2.27. The summed E-state index contributed by atoms with van der Waals surface area (Å²) in [4.78, 5) is 18.0. The smallest absolute Gasteiger partial charge is 0.433 e. The number of halogens is 4. The van der Waals surface area contributed by atoms with Crippen LogP contribution >= 0.6 is 11.6 Å². The first-order chi connectivity index (χ1) is 12.0. The van der Waals surface area contributed by atoms with Crippen molar-refractivity contribution < 1.29 is 36.9 Å². The highest BCUT2D eigenvalue weighted by molar-refractivity contribution is 6.28. The number of hydrogen-bond donors (Lipinski definition) is 0. The highest BCUT2D eigenvalue weighted by atomic mass is 35.5. The second-order valence-corrected chi connectivity index (χ2v) is 6.30. The first-order valence-electron chi connectivity index (χ1n) is 7.59. The molecule has 7 nitrogen and oxygen atoms in total. The molecule has 0 aliphatic heterocycles. The van der Waals surface area contributed by atoms with Crippen LogP contribution in [0.5, 0.6) is 5.88 Å². The molecule has 0 atom stereocenters. The molecule has 1 aromatic rings. The molecule has 0 aliphatic carbocycles. The number of esters is 1. The molecule has 11 heteroatoms. The Balaban J connectivity index is 2.18. The van der Waals surface area contributed by atoms with Crippen molar-refractivity contribution in [1.29, 1.82) is 0 Å². The molecule has 0 unspecified atom stereocenters. The van der Waals surface area contributed by atoms with Gasteiger partial charge in [-0.15, -0.1) is 0 Å². The van der Waals surface area contributed by atoms with Gasteiger partial charge in [0.1, 0.15) is 18.8 Å². The van der Waals surface area contributed by atoms with Crippen molar-refractivity contribution in [3.63, 3.8) is 0 Å². The number of rotatable bonds is 9. The molecule has 0 aliphatic rings. The maximum Gasteiger partial charge on any atom is 0.433 e. The van der Waals surface area contributed by atoms with Gasteiger partial charge in [0, 0.05) is 6.07 Å². The maximum atomic E-state index is 12.6. The monoisotopic (exact) mass is 400 g/mol. The first-order valence-corrected chi connectivity index (χ1v) is 7.97. The van der Waals surface area contributed by atoms with E-state index in [0.717, 1.165) is 0 Å². The van der Waals surface area contributed by atoms with Gasteiger partial charge in [0.15, 0.2) is 5.69 Å². The van der Waals surface area contributed by atoms with Gasteiger partial charge in [-0.3, -0.25) is 0 Å². The van der Waals surface area contributed by atoms with Crippen LogP contribution in [0.15, 0.2) is 6.07 Å². The highest BCUT2D eigenvalue weighted by Crippen LogP contribution is 2.30. The van der Waals surface area contributed by atoms with Crippen molar-refractivity contribution in [3.8, 4) is 5.88 Å². The summed E-state index contributed by atoms with van der Waals surface area (Å²) in [5.41, 5.74) is -1.77. The third kappa shape index (κ3) is 9.73. The fourth-order valence-corrected chi connectivity index (χ4v) is 1.74. The van der Waals surface area contributed by atoms with Crippen LogP contribution in [0, 0.1) is 0 Å². The SMILES string of the molecule is CC(C)(C)OC(=O)COCCOCCOc1cc(C(F)(F)F)nc(Cl)n1. The van der Waals surface area contributed by atoms with Crippen molar-refractivity contribution in [2.24, 2.45) is 0 Å². The second kappa shape index (κ2) is 9.89. The summed E-state index contributed by atoms with van der Waals surface area (Å²) in [7, 11) is 0. The van der Waals surface area contributed by atoms with Gasteiger partial charge in [0.05, 0.1) is 19.8 Å². The molecule has 1 rings (SSSR count). The van der Waals surface area contributed by atoms with Crippen molar-refractivity contribution in [3.05, 3.63) is 17.0 Å². The summed E-state index contributed by atoms with van der Waals surface area (Å²) < 4.78 is 58.1. The Labute approximate surface area is 153 Å². The summed E-state index contributed by atoms with van der Waals surface area (Å²) in [5.74, 6) is -0.788. The van der Waals surface area contributed by atoms with Crippen molar-refractivity contribution >= 4 is 17.6 Å². The summed E-state index contributed by atoms with van der Waals surface area (Å²) in [6.45, 7) is 5.40. The van der Waals surface area contributed by atoms with Gasteiger partial charge < -0.3 is 18.9 Å². The van der Waals surface area contributed by atoms with E-state index >= 15 is 0 Å². The van der Waals surface area contributed by atoms with Gasteiger partial charge in [0.25, 0.3) is 0 Å². The Bertz CT molecular complexity index is 594. The van der Waals surface area contributed by atoms with Crippen LogP contribution in [0.3, 0.4) is 0 Å². The Morgan fingerprint density at radius 3 is 2.31 bits per heavy atom. The first kappa shape index (κ1) is 22.4. The molecule has 0 N–H and O–H groups in total. The molecule has 0 radical (unpaired) electrons. The van der Waals surface area contributed by atoms with Gasteiger partial charge >= 0.3 is 12.1 Å². The zero-order valence-corrected chi connectivity index (χ0v) is 15.3. The molecule has 26 heavy (non-hydrogen) atoms. The van der Waals surface area contributed by atoms with E-state index in [2.05, 4.69) is 9.97 Å². The minimum absolute atomic E-state index is 0.0449. The zero-order valence-electron chi connectivity index (χ0n) is 14.6. The number of carbonyl (C=O) groups is 1. The molecule has 0 fully saturated rings. The summed E-state index contributed by atoms with van der Waals surface area (Å²) in [6, 6.07) is 0.649. The fourth-order valence-electron chi connectivity index (χ4n) is 1.57. The van der Waals surface area contributed by atoms with Crippen LogP contribution in [0.1, 0.15) is 26.5 Å². The molecular weight excluding hydrogens is 381 g/mol. The highest BCUT2D eigenvalue weighted by Gasteiger charge is 2.33. The standard InChI is InChI=1S/C15H20ClF3N2O5/c1-14(2,3)26-12(22)9-24-5-4-23-6-7-25-11-8-10(15(17,18)19)20-13(16)21-11/h8H,4-7,9H2,1-3H3. The van der Waals surface area contributed by atoms with E-state index < -0.39 is 28.7 Å². The third-order valence-electron chi connectivity index (χ3n) is 2.46. The fraction of sp³-hybridized carbons (Fsp3) is 0.667. The second-order valence-electron chi connectivity index (χ2n) is 5.96. The maximum absolute atomic E-state index is 12.6. The summed E-state index contributed by atoms with van der Waals surface area (Å²) in [5, 5.41) is -0.564. The van der Waals surface area contributed by atoms with Gasteiger partial charge in [-0.25, -0.2) is 9.78 Å². The van der Waals surface area contributed by atoms with Gasteiger partial charge in [0.2, 0.25) is 11.2 Å².